The molecule has 0 saturated heterocycles. The van der Waals surface area contributed by atoms with Crippen molar-refractivity contribution >= 4 is 21.7 Å². The van der Waals surface area contributed by atoms with Crippen LogP contribution < -0.4 is 0 Å². The van der Waals surface area contributed by atoms with E-state index in [1.807, 2.05) is 0 Å². The lowest BCUT2D eigenvalue weighted by molar-refractivity contribution is 0.667. The van der Waals surface area contributed by atoms with Crippen molar-refractivity contribution in [2.45, 2.75) is 39.0 Å². The molecule has 1 heterocycles. The fraction of sp³-hybridized carbons (Fsp3) is 0.200. The molecule has 0 aliphatic heterocycles. The van der Waals surface area contributed by atoms with Crippen LogP contribution in [-0.2, 0) is 6.42 Å². The maximum atomic E-state index is 2.46. The van der Waals surface area contributed by atoms with E-state index in [0.29, 0.717) is 0 Å². The van der Waals surface area contributed by atoms with Gasteiger partial charge in [0.15, 0.2) is 0 Å². The van der Waals surface area contributed by atoms with Crippen LogP contribution in [-0.4, -0.2) is 4.57 Å². The Morgan fingerprint density at radius 2 is 1.39 bits per heavy atom. The van der Waals surface area contributed by atoms with Gasteiger partial charge in [-0.3, -0.25) is 0 Å². The van der Waals surface area contributed by atoms with Gasteiger partial charge in [0, 0.05) is 10.8 Å². The fourth-order valence-corrected chi connectivity index (χ4v) is 4.67. The summed E-state index contributed by atoms with van der Waals surface area (Å²) in [6.45, 7) is 2.27. The number of rotatable bonds is 7. The average Bonchev–Trinajstić information content (AvgIpc) is 3.21. The average molecular weight is 404 g/mol. The van der Waals surface area contributed by atoms with E-state index in [1.54, 1.807) is 0 Å². The first-order chi connectivity index (χ1) is 15.3. The summed E-state index contributed by atoms with van der Waals surface area (Å²) in [4.78, 5) is 0. The van der Waals surface area contributed by atoms with Gasteiger partial charge in [-0.15, -0.1) is 0 Å². The second-order valence-electron chi connectivity index (χ2n) is 8.44. The van der Waals surface area contributed by atoms with Crippen LogP contribution in [0, 0.1) is 0 Å². The van der Waals surface area contributed by atoms with Gasteiger partial charge in [-0.2, -0.15) is 0 Å². The summed E-state index contributed by atoms with van der Waals surface area (Å²) in [6, 6.07) is 35.4. The van der Waals surface area contributed by atoms with Crippen molar-refractivity contribution in [1.82, 2.24) is 4.57 Å². The van der Waals surface area contributed by atoms with Crippen molar-refractivity contribution in [3.63, 3.8) is 0 Å². The molecule has 154 valence electrons. The molecule has 0 aliphatic carbocycles. The predicted molar refractivity (Wildman–Crippen MR) is 134 cm³/mol. The normalized spacial score (nSPS) is 11.4. The largest absolute Gasteiger partial charge is 0.309 e. The smallest absolute Gasteiger partial charge is 0.0543 e. The molecule has 0 saturated carbocycles. The molecule has 1 nitrogen and oxygen atoms in total. The van der Waals surface area contributed by atoms with Gasteiger partial charge in [0.1, 0.15) is 0 Å². The summed E-state index contributed by atoms with van der Waals surface area (Å²) in [5.41, 5.74) is 6.46. The van der Waals surface area contributed by atoms with Crippen LogP contribution in [0.4, 0.5) is 0 Å². The second-order valence-corrected chi connectivity index (χ2v) is 8.44. The molecule has 1 heteroatoms. The molecule has 0 radical (unpaired) electrons. The first-order valence-electron chi connectivity index (χ1n) is 11.5. The van der Waals surface area contributed by atoms with E-state index < -0.39 is 0 Å². The quantitative estimate of drug-likeness (QED) is 0.240. The molecule has 5 aromatic rings. The summed E-state index contributed by atoms with van der Waals surface area (Å²) < 4.78 is 2.46. The first-order valence-corrected chi connectivity index (χ1v) is 11.5. The van der Waals surface area contributed by atoms with E-state index in [1.165, 1.54) is 69.9 Å². The topological polar surface area (TPSA) is 4.93 Å². The highest BCUT2D eigenvalue weighted by Gasteiger charge is 2.15. The zero-order chi connectivity index (χ0) is 21.0. The molecule has 0 unspecified atom stereocenters. The third-order valence-electron chi connectivity index (χ3n) is 6.24. The minimum absolute atomic E-state index is 1.14. The Hall–Kier alpha value is -3.32. The zero-order valence-electron chi connectivity index (χ0n) is 18.2. The number of unbranched alkanes of at least 4 members (excludes halogenated alkanes) is 3. The molecule has 0 fully saturated rings. The molecule has 0 atom stereocenters. The van der Waals surface area contributed by atoms with E-state index in [0.717, 1.165) is 6.42 Å². The van der Waals surface area contributed by atoms with Crippen LogP contribution in [0.1, 0.15) is 38.2 Å². The first kappa shape index (κ1) is 19.6. The number of hydrogen-bond acceptors (Lipinski definition) is 0. The van der Waals surface area contributed by atoms with Gasteiger partial charge in [-0.25, -0.2) is 0 Å². The van der Waals surface area contributed by atoms with Gasteiger partial charge in [0.05, 0.1) is 16.9 Å². The standard InChI is InChI=1S/C30H29N/c1-2-3-4-6-13-23-20-25-16-9-11-18-27(25)30(21-23)31-28-19-12-10-17-26(28)22-29(31)24-14-7-5-8-15-24/h5,7-12,14-22H,2-4,6,13H2,1H3. The molecular weight excluding hydrogens is 374 g/mol. The highest BCUT2D eigenvalue weighted by atomic mass is 15.0. The van der Waals surface area contributed by atoms with Crippen molar-refractivity contribution < 1.29 is 0 Å². The number of aryl methyl sites for hydroxylation is 1. The van der Waals surface area contributed by atoms with Crippen molar-refractivity contribution in [2.24, 2.45) is 0 Å². The fourth-order valence-electron chi connectivity index (χ4n) is 4.67. The summed E-state index contributed by atoms with van der Waals surface area (Å²) >= 11 is 0. The van der Waals surface area contributed by atoms with Gasteiger partial charge in [-0.1, -0.05) is 105 Å². The monoisotopic (exact) mass is 403 g/mol. The van der Waals surface area contributed by atoms with Gasteiger partial charge in [0.25, 0.3) is 0 Å². The van der Waals surface area contributed by atoms with Crippen LogP contribution in [0.25, 0.3) is 38.6 Å². The predicted octanol–water partition coefficient (Wildman–Crippen LogP) is 8.57. The molecule has 0 spiro atoms. The van der Waals surface area contributed by atoms with Gasteiger partial charge in [0.2, 0.25) is 0 Å². The lowest BCUT2D eigenvalue weighted by atomic mass is 10.00. The third-order valence-corrected chi connectivity index (χ3v) is 6.24. The number of aromatic nitrogens is 1. The molecule has 5 rings (SSSR count). The maximum absolute atomic E-state index is 2.46. The van der Waals surface area contributed by atoms with Crippen LogP contribution in [0.5, 0.6) is 0 Å². The van der Waals surface area contributed by atoms with E-state index >= 15 is 0 Å². The van der Waals surface area contributed by atoms with Crippen LogP contribution in [0.2, 0.25) is 0 Å². The number of hydrogen-bond donors (Lipinski definition) is 0. The molecule has 31 heavy (non-hydrogen) atoms. The molecular formula is C30H29N. The Morgan fingerprint density at radius 3 is 2.23 bits per heavy atom. The van der Waals surface area contributed by atoms with Crippen molar-refractivity contribution in [3.8, 4) is 16.9 Å². The zero-order valence-corrected chi connectivity index (χ0v) is 18.2. The Bertz CT molecular complexity index is 1310. The molecule has 1 aromatic heterocycles. The highest BCUT2D eigenvalue weighted by Crippen LogP contribution is 2.35. The SMILES string of the molecule is CCCCCCc1cc(-n2c(-c3ccccc3)cc3ccccc32)c2ccccc2c1. The molecule has 0 N–H and O–H groups in total. The van der Waals surface area contributed by atoms with Gasteiger partial charge in [-0.05, 0) is 47.6 Å². The highest BCUT2D eigenvalue weighted by molar-refractivity contribution is 5.96. The second kappa shape index (κ2) is 8.81. The van der Waals surface area contributed by atoms with E-state index in [4.69, 9.17) is 0 Å². The maximum Gasteiger partial charge on any atom is 0.0543 e. The Kier molecular flexibility index (Phi) is 5.58. The lowest BCUT2D eigenvalue weighted by Crippen LogP contribution is -2.00. The van der Waals surface area contributed by atoms with Gasteiger partial charge < -0.3 is 4.57 Å². The summed E-state index contributed by atoms with van der Waals surface area (Å²) in [5, 5.41) is 3.90. The Labute approximate surface area is 185 Å². The van der Waals surface area contributed by atoms with Gasteiger partial charge >= 0.3 is 0 Å². The van der Waals surface area contributed by atoms with Crippen molar-refractivity contribution in [3.05, 3.63) is 103 Å². The van der Waals surface area contributed by atoms with Crippen LogP contribution >= 0.6 is 0 Å². The summed E-state index contributed by atoms with van der Waals surface area (Å²) in [6.07, 6.45) is 6.29. The summed E-state index contributed by atoms with van der Waals surface area (Å²) in [7, 11) is 0. The number of nitrogens with zero attached hydrogens (tertiary/aromatic N) is 1. The molecule has 0 aliphatic rings. The molecule has 0 bridgehead atoms. The minimum Gasteiger partial charge on any atom is -0.309 e. The van der Waals surface area contributed by atoms with Crippen molar-refractivity contribution in [1.29, 1.82) is 0 Å². The van der Waals surface area contributed by atoms with E-state index in [2.05, 4.69) is 109 Å². The molecule has 0 amide bonds. The molecule has 4 aromatic carbocycles. The number of fused-ring (bicyclic) bond motifs is 2. The Morgan fingerprint density at radius 1 is 0.645 bits per heavy atom. The van der Waals surface area contributed by atoms with Crippen LogP contribution in [0.15, 0.2) is 97.1 Å². The lowest BCUT2D eigenvalue weighted by Gasteiger charge is -2.16. The van der Waals surface area contributed by atoms with Crippen molar-refractivity contribution in [2.75, 3.05) is 0 Å². The number of benzene rings is 4. The Balaban J connectivity index is 1.73. The number of para-hydroxylation sites is 1. The van der Waals surface area contributed by atoms with Crippen LogP contribution in [0.3, 0.4) is 0 Å². The summed E-state index contributed by atoms with van der Waals surface area (Å²) in [5.74, 6) is 0. The van der Waals surface area contributed by atoms with E-state index in [-0.39, 0.29) is 0 Å². The van der Waals surface area contributed by atoms with E-state index in [9.17, 15) is 0 Å². The minimum atomic E-state index is 1.14. The third kappa shape index (κ3) is 3.88.